The van der Waals surface area contributed by atoms with Gasteiger partial charge in [0.15, 0.2) is 0 Å². The van der Waals surface area contributed by atoms with Crippen LogP contribution in [0.4, 0.5) is 0 Å². The Morgan fingerprint density at radius 3 is 2.88 bits per heavy atom. The van der Waals surface area contributed by atoms with Crippen LogP contribution in [0.1, 0.15) is 16.2 Å². The summed E-state index contributed by atoms with van der Waals surface area (Å²) in [6.45, 7) is 0.568. The Kier molecular flexibility index (Phi) is 3.22. The first-order valence-corrected chi connectivity index (χ1v) is 5.40. The van der Waals surface area contributed by atoms with E-state index in [9.17, 15) is 4.79 Å². The molecular weight excluding hydrogens is 218 g/mol. The number of carbonyl (C=O) groups is 1. The van der Waals surface area contributed by atoms with Gasteiger partial charge in [0.1, 0.15) is 5.82 Å². The average molecular weight is 233 g/mol. The zero-order valence-electron chi connectivity index (χ0n) is 9.92. The molecule has 2 rings (SSSR count). The summed E-state index contributed by atoms with van der Waals surface area (Å²) in [5, 5.41) is 6.78. The summed E-state index contributed by atoms with van der Waals surface area (Å²) < 4.78 is 3.55. The second kappa shape index (κ2) is 4.82. The molecular formula is C11H15N5O. The van der Waals surface area contributed by atoms with Gasteiger partial charge in [-0.2, -0.15) is 5.10 Å². The normalized spacial score (nSPS) is 10.5. The van der Waals surface area contributed by atoms with Crippen molar-refractivity contribution >= 4 is 5.91 Å². The molecule has 2 aromatic heterocycles. The molecule has 0 radical (unpaired) electrons. The Morgan fingerprint density at radius 1 is 1.47 bits per heavy atom. The summed E-state index contributed by atoms with van der Waals surface area (Å²) in [6.07, 6.45) is 7.60. The molecule has 0 aromatic carbocycles. The van der Waals surface area contributed by atoms with Gasteiger partial charge in [-0.15, -0.1) is 0 Å². The molecule has 6 nitrogen and oxygen atoms in total. The third-order valence-corrected chi connectivity index (χ3v) is 2.52. The van der Waals surface area contributed by atoms with E-state index in [1.807, 2.05) is 17.8 Å². The first-order valence-electron chi connectivity index (χ1n) is 5.40. The monoisotopic (exact) mass is 233 g/mol. The minimum absolute atomic E-state index is 0.104. The number of nitrogens with one attached hydrogen (secondary N) is 1. The van der Waals surface area contributed by atoms with Crippen molar-refractivity contribution in [1.82, 2.24) is 24.6 Å². The molecule has 90 valence electrons. The van der Waals surface area contributed by atoms with Crippen molar-refractivity contribution in [2.24, 2.45) is 14.1 Å². The molecule has 0 bridgehead atoms. The molecule has 17 heavy (non-hydrogen) atoms. The number of imidazole rings is 1. The predicted molar refractivity (Wildman–Crippen MR) is 62.5 cm³/mol. The molecule has 2 aromatic rings. The minimum Gasteiger partial charge on any atom is -0.351 e. The number of nitrogens with zero attached hydrogens (tertiary/aromatic N) is 4. The molecule has 0 fully saturated rings. The summed E-state index contributed by atoms with van der Waals surface area (Å²) in [6, 6.07) is 0. The fourth-order valence-corrected chi connectivity index (χ4v) is 1.57. The lowest BCUT2D eigenvalue weighted by molar-refractivity contribution is 0.0954. The van der Waals surface area contributed by atoms with Crippen LogP contribution in [0.3, 0.4) is 0 Å². The summed E-state index contributed by atoms with van der Waals surface area (Å²) >= 11 is 0. The van der Waals surface area contributed by atoms with Crippen LogP contribution in [0.15, 0.2) is 24.8 Å². The fourth-order valence-electron chi connectivity index (χ4n) is 1.57. The van der Waals surface area contributed by atoms with Crippen molar-refractivity contribution in [3.8, 4) is 0 Å². The number of hydrogen-bond acceptors (Lipinski definition) is 3. The summed E-state index contributed by atoms with van der Waals surface area (Å²) in [5.74, 6) is 0.851. The summed E-state index contributed by atoms with van der Waals surface area (Å²) in [7, 11) is 3.72. The molecule has 0 spiro atoms. The van der Waals surface area contributed by atoms with Crippen LogP contribution in [0.25, 0.3) is 0 Å². The number of hydrogen-bond donors (Lipinski definition) is 1. The van der Waals surface area contributed by atoms with Crippen molar-refractivity contribution in [2.75, 3.05) is 6.54 Å². The highest BCUT2D eigenvalue weighted by atomic mass is 16.1. The zero-order chi connectivity index (χ0) is 12.3. The zero-order valence-corrected chi connectivity index (χ0v) is 9.92. The van der Waals surface area contributed by atoms with E-state index in [0.29, 0.717) is 12.1 Å². The molecule has 0 aliphatic heterocycles. The minimum atomic E-state index is -0.104. The first kappa shape index (κ1) is 11.4. The van der Waals surface area contributed by atoms with Crippen molar-refractivity contribution < 1.29 is 4.79 Å². The predicted octanol–water partition coefficient (Wildman–Crippen LogP) is 0.126. The summed E-state index contributed by atoms with van der Waals surface area (Å²) in [4.78, 5) is 15.9. The Balaban J connectivity index is 1.83. The maximum atomic E-state index is 11.7. The molecule has 0 saturated heterocycles. The van der Waals surface area contributed by atoms with E-state index in [0.717, 1.165) is 12.2 Å². The molecule has 1 N–H and O–H groups in total. The molecule has 0 saturated carbocycles. The van der Waals surface area contributed by atoms with Crippen molar-refractivity contribution in [3.63, 3.8) is 0 Å². The van der Waals surface area contributed by atoms with Crippen LogP contribution in [0.5, 0.6) is 0 Å². The van der Waals surface area contributed by atoms with Gasteiger partial charge in [0.25, 0.3) is 5.91 Å². The molecule has 0 atom stereocenters. The van der Waals surface area contributed by atoms with Gasteiger partial charge in [-0.3, -0.25) is 9.48 Å². The largest absolute Gasteiger partial charge is 0.351 e. The van der Waals surface area contributed by atoms with E-state index in [2.05, 4.69) is 15.4 Å². The van der Waals surface area contributed by atoms with Gasteiger partial charge in [0.2, 0.25) is 0 Å². The maximum absolute atomic E-state index is 11.7. The SMILES string of the molecule is Cn1cc(C(=O)NCCc2nccn2C)cn1. The van der Waals surface area contributed by atoms with Crippen LogP contribution in [0.2, 0.25) is 0 Å². The second-order valence-corrected chi connectivity index (χ2v) is 3.86. The highest BCUT2D eigenvalue weighted by Gasteiger charge is 2.07. The first-order chi connectivity index (χ1) is 8.16. The van der Waals surface area contributed by atoms with Gasteiger partial charge in [-0.1, -0.05) is 0 Å². The number of rotatable bonds is 4. The molecule has 0 aliphatic carbocycles. The number of amides is 1. The molecule has 0 aliphatic rings. The Bertz CT molecular complexity index is 513. The Morgan fingerprint density at radius 2 is 2.29 bits per heavy atom. The highest BCUT2D eigenvalue weighted by molar-refractivity contribution is 5.93. The average Bonchev–Trinajstić information content (AvgIpc) is 2.88. The van der Waals surface area contributed by atoms with E-state index >= 15 is 0 Å². The van der Waals surface area contributed by atoms with Crippen molar-refractivity contribution in [1.29, 1.82) is 0 Å². The summed E-state index contributed by atoms with van der Waals surface area (Å²) in [5.41, 5.74) is 0.576. The van der Waals surface area contributed by atoms with Crippen LogP contribution in [-0.2, 0) is 20.5 Å². The number of carbonyl (C=O) groups excluding carboxylic acids is 1. The molecule has 2 heterocycles. The van der Waals surface area contributed by atoms with Crippen LogP contribution in [-0.4, -0.2) is 31.8 Å². The third kappa shape index (κ3) is 2.72. The lowest BCUT2D eigenvalue weighted by atomic mass is 10.3. The van der Waals surface area contributed by atoms with Gasteiger partial charge in [-0.05, 0) is 0 Å². The Labute approximate surface area is 99.3 Å². The van der Waals surface area contributed by atoms with Crippen molar-refractivity contribution in [2.45, 2.75) is 6.42 Å². The quantitative estimate of drug-likeness (QED) is 0.816. The van der Waals surface area contributed by atoms with E-state index in [1.54, 1.807) is 30.3 Å². The van der Waals surface area contributed by atoms with E-state index < -0.39 is 0 Å². The van der Waals surface area contributed by atoms with E-state index in [4.69, 9.17) is 0 Å². The van der Waals surface area contributed by atoms with Gasteiger partial charge in [0, 0.05) is 45.7 Å². The highest BCUT2D eigenvalue weighted by Crippen LogP contribution is 1.97. The van der Waals surface area contributed by atoms with Crippen LogP contribution in [0, 0.1) is 0 Å². The van der Waals surface area contributed by atoms with Crippen LogP contribution < -0.4 is 5.32 Å². The van der Waals surface area contributed by atoms with Gasteiger partial charge >= 0.3 is 0 Å². The fraction of sp³-hybridized carbons (Fsp3) is 0.364. The smallest absolute Gasteiger partial charge is 0.254 e. The molecule has 1 amide bonds. The standard InChI is InChI=1S/C11H15N5O/c1-15-6-5-12-10(15)3-4-13-11(17)9-7-14-16(2)8-9/h5-8H,3-4H2,1-2H3,(H,13,17). The van der Waals surface area contributed by atoms with E-state index in [-0.39, 0.29) is 5.91 Å². The Hall–Kier alpha value is -2.11. The molecule has 0 unspecified atom stereocenters. The lowest BCUT2D eigenvalue weighted by Crippen LogP contribution is -2.26. The molecule has 6 heteroatoms. The number of aryl methyl sites for hydroxylation is 2. The van der Waals surface area contributed by atoms with Crippen molar-refractivity contribution in [3.05, 3.63) is 36.2 Å². The van der Waals surface area contributed by atoms with Gasteiger partial charge < -0.3 is 9.88 Å². The van der Waals surface area contributed by atoms with Crippen LogP contribution >= 0.6 is 0 Å². The third-order valence-electron chi connectivity index (χ3n) is 2.52. The maximum Gasteiger partial charge on any atom is 0.254 e. The lowest BCUT2D eigenvalue weighted by Gasteiger charge is -2.03. The topological polar surface area (TPSA) is 64.7 Å². The van der Waals surface area contributed by atoms with Gasteiger partial charge in [0.05, 0.1) is 11.8 Å². The second-order valence-electron chi connectivity index (χ2n) is 3.86. The van der Waals surface area contributed by atoms with Gasteiger partial charge in [-0.25, -0.2) is 4.98 Å². The van der Waals surface area contributed by atoms with E-state index in [1.165, 1.54) is 0 Å². The number of aromatic nitrogens is 4.